The molecule has 23 heavy (non-hydrogen) atoms. The third-order valence-electron chi connectivity index (χ3n) is 3.31. The molecule has 0 aliphatic rings. The standard InChI is InChI=1S/C18H17Br2NO2/c1-11(2)13-6-3-12(4-7-13)5-8-17(22)21-14-9-15(19)18(23)16(20)10-14/h3-11,23H,1-2H3,(H,21,22)/b8-5+. The first-order valence-corrected chi connectivity index (χ1v) is 8.72. The van der Waals surface area contributed by atoms with E-state index in [9.17, 15) is 9.90 Å². The quantitative estimate of drug-likeness (QED) is 0.475. The van der Waals surface area contributed by atoms with E-state index in [4.69, 9.17) is 0 Å². The second-order valence-corrected chi connectivity index (χ2v) is 7.14. The van der Waals surface area contributed by atoms with E-state index in [1.165, 1.54) is 11.6 Å². The number of carbonyl (C=O) groups excluding carboxylic acids is 1. The van der Waals surface area contributed by atoms with Gasteiger partial charge in [0.25, 0.3) is 0 Å². The fourth-order valence-electron chi connectivity index (χ4n) is 1.99. The van der Waals surface area contributed by atoms with Crippen LogP contribution in [-0.4, -0.2) is 11.0 Å². The Bertz CT molecular complexity index is 714. The number of halogens is 2. The van der Waals surface area contributed by atoms with Crippen molar-refractivity contribution in [3.8, 4) is 5.75 Å². The van der Waals surface area contributed by atoms with E-state index < -0.39 is 0 Å². The smallest absolute Gasteiger partial charge is 0.248 e. The van der Waals surface area contributed by atoms with Gasteiger partial charge in [-0.3, -0.25) is 4.79 Å². The number of amides is 1. The number of aromatic hydroxyl groups is 1. The normalized spacial score (nSPS) is 11.2. The molecule has 120 valence electrons. The van der Waals surface area contributed by atoms with E-state index in [0.29, 0.717) is 20.6 Å². The summed E-state index contributed by atoms with van der Waals surface area (Å²) in [5, 5.41) is 12.4. The maximum Gasteiger partial charge on any atom is 0.248 e. The Hall–Kier alpha value is -1.59. The highest BCUT2D eigenvalue weighted by molar-refractivity contribution is 9.11. The van der Waals surface area contributed by atoms with Gasteiger partial charge in [0.15, 0.2) is 0 Å². The van der Waals surface area contributed by atoms with E-state index in [2.05, 4.69) is 63.2 Å². The largest absolute Gasteiger partial charge is 0.506 e. The van der Waals surface area contributed by atoms with Crippen LogP contribution in [0, 0.1) is 0 Å². The molecule has 0 aliphatic heterocycles. The molecule has 0 atom stereocenters. The Morgan fingerprint density at radius 2 is 1.70 bits per heavy atom. The van der Waals surface area contributed by atoms with E-state index >= 15 is 0 Å². The summed E-state index contributed by atoms with van der Waals surface area (Å²) < 4.78 is 1.02. The minimum atomic E-state index is -0.234. The van der Waals surface area contributed by atoms with E-state index in [0.717, 1.165) is 5.56 Å². The number of phenolic OH excluding ortho intramolecular Hbond substituents is 1. The zero-order valence-electron chi connectivity index (χ0n) is 12.8. The Labute approximate surface area is 152 Å². The molecular formula is C18H17Br2NO2. The Balaban J connectivity index is 2.04. The minimum absolute atomic E-state index is 0.101. The molecule has 0 aliphatic carbocycles. The molecule has 3 nitrogen and oxygen atoms in total. The van der Waals surface area contributed by atoms with Gasteiger partial charge in [-0.1, -0.05) is 38.1 Å². The summed E-state index contributed by atoms with van der Waals surface area (Å²) in [4.78, 5) is 12.0. The molecule has 2 aromatic rings. The maximum atomic E-state index is 12.0. The van der Waals surface area contributed by atoms with Crippen molar-refractivity contribution in [3.05, 3.63) is 62.5 Å². The Kier molecular flexibility index (Phi) is 6.02. The third-order valence-corrected chi connectivity index (χ3v) is 4.52. The van der Waals surface area contributed by atoms with Crippen molar-refractivity contribution in [1.82, 2.24) is 0 Å². The van der Waals surface area contributed by atoms with Gasteiger partial charge in [0.1, 0.15) is 5.75 Å². The monoisotopic (exact) mass is 437 g/mol. The second kappa shape index (κ2) is 7.79. The zero-order valence-corrected chi connectivity index (χ0v) is 16.0. The molecule has 0 radical (unpaired) electrons. The lowest BCUT2D eigenvalue weighted by Gasteiger charge is -2.06. The fourth-order valence-corrected chi connectivity index (χ4v) is 3.17. The first-order valence-electron chi connectivity index (χ1n) is 7.14. The summed E-state index contributed by atoms with van der Waals surface area (Å²) in [7, 11) is 0. The average Bonchev–Trinajstić information content (AvgIpc) is 2.51. The number of anilines is 1. The predicted octanol–water partition coefficient (Wildman–Crippen LogP) is 5.69. The summed E-state index contributed by atoms with van der Waals surface area (Å²) in [5.74, 6) is 0.355. The van der Waals surface area contributed by atoms with Crippen LogP contribution in [0.3, 0.4) is 0 Å². The lowest BCUT2D eigenvalue weighted by molar-refractivity contribution is -0.111. The first kappa shape index (κ1) is 17.8. The molecule has 0 spiro atoms. The number of carbonyl (C=O) groups is 1. The minimum Gasteiger partial charge on any atom is -0.506 e. The van der Waals surface area contributed by atoms with Crippen LogP contribution in [0.1, 0.15) is 30.9 Å². The second-order valence-electron chi connectivity index (χ2n) is 5.43. The molecule has 2 aromatic carbocycles. The van der Waals surface area contributed by atoms with Gasteiger partial charge in [-0.2, -0.15) is 0 Å². The van der Waals surface area contributed by atoms with E-state index in [1.54, 1.807) is 18.2 Å². The molecule has 0 fully saturated rings. The van der Waals surface area contributed by atoms with Crippen LogP contribution in [0.25, 0.3) is 6.08 Å². The molecule has 2 rings (SSSR count). The number of benzene rings is 2. The molecule has 2 N–H and O–H groups in total. The maximum absolute atomic E-state index is 12.0. The van der Waals surface area contributed by atoms with Crippen molar-refractivity contribution in [3.63, 3.8) is 0 Å². The van der Waals surface area contributed by atoms with Crippen LogP contribution in [0.15, 0.2) is 51.4 Å². The first-order chi connectivity index (χ1) is 10.9. The zero-order chi connectivity index (χ0) is 17.0. The van der Waals surface area contributed by atoms with Crippen molar-refractivity contribution in [1.29, 1.82) is 0 Å². The van der Waals surface area contributed by atoms with Gasteiger partial charge in [-0.25, -0.2) is 0 Å². The number of rotatable bonds is 4. The van der Waals surface area contributed by atoms with Crippen molar-refractivity contribution in [2.45, 2.75) is 19.8 Å². The summed E-state index contributed by atoms with van der Waals surface area (Å²) in [5.41, 5.74) is 2.83. The molecule has 0 saturated heterocycles. The van der Waals surface area contributed by atoms with Crippen molar-refractivity contribution in [2.75, 3.05) is 5.32 Å². The van der Waals surface area contributed by atoms with Crippen molar-refractivity contribution in [2.24, 2.45) is 0 Å². The number of hydrogen-bond acceptors (Lipinski definition) is 2. The van der Waals surface area contributed by atoms with Crippen LogP contribution >= 0.6 is 31.9 Å². The molecule has 0 saturated carbocycles. The van der Waals surface area contributed by atoms with Crippen molar-refractivity contribution >= 4 is 49.5 Å². The summed E-state index contributed by atoms with van der Waals surface area (Å²) in [6, 6.07) is 11.4. The van der Waals surface area contributed by atoms with Gasteiger partial charge in [0, 0.05) is 11.8 Å². The number of hydrogen-bond donors (Lipinski definition) is 2. The molecule has 0 heterocycles. The molecule has 0 aromatic heterocycles. The van der Waals surface area contributed by atoms with Gasteiger partial charge in [-0.05, 0) is 67.1 Å². The molecular weight excluding hydrogens is 422 g/mol. The van der Waals surface area contributed by atoms with Crippen LogP contribution in [0.2, 0.25) is 0 Å². The summed E-state index contributed by atoms with van der Waals surface area (Å²) in [6.07, 6.45) is 3.25. The Morgan fingerprint density at radius 1 is 1.13 bits per heavy atom. The fraction of sp³-hybridized carbons (Fsp3) is 0.167. The molecule has 1 amide bonds. The van der Waals surface area contributed by atoms with Crippen LogP contribution < -0.4 is 5.32 Å². The molecule has 0 unspecified atom stereocenters. The average molecular weight is 439 g/mol. The number of nitrogens with one attached hydrogen (secondary N) is 1. The van der Waals surface area contributed by atoms with Gasteiger partial charge >= 0.3 is 0 Å². The highest BCUT2D eigenvalue weighted by Gasteiger charge is 2.07. The van der Waals surface area contributed by atoms with Crippen LogP contribution in [0.4, 0.5) is 5.69 Å². The summed E-state index contributed by atoms with van der Waals surface area (Å²) in [6.45, 7) is 4.29. The number of phenols is 1. The highest BCUT2D eigenvalue weighted by atomic mass is 79.9. The van der Waals surface area contributed by atoms with Gasteiger partial charge in [0.2, 0.25) is 5.91 Å². The van der Waals surface area contributed by atoms with Crippen LogP contribution in [-0.2, 0) is 4.79 Å². The predicted molar refractivity (Wildman–Crippen MR) is 102 cm³/mol. The molecule has 5 heteroatoms. The van der Waals surface area contributed by atoms with Gasteiger partial charge in [-0.15, -0.1) is 0 Å². The lowest BCUT2D eigenvalue weighted by atomic mass is 10.0. The van der Waals surface area contributed by atoms with Crippen molar-refractivity contribution < 1.29 is 9.90 Å². The topological polar surface area (TPSA) is 49.3 Å². The van der Waals surface area contributed by atoms with Gasteiger partial charge in [0.05, 0.1) is 8.95 Å². The van der Waals surface area contributed by atoms with Crippen LogP contribution in [0.5, 0.6) is 5.75 Å². The third kappa shape index (κ3) is 4.94. The SMILES string of the molecule is CC(C)c1ccc(/C=C/C(=O)Nc2cc(Br)c(O)c(Br)c2)cc1. The summed E-state index contributed by atoms with van der Waals surface area (Å²) >= 11 is 6.46. The lowest BCUT2D eigenvalue weighted by Crippen LogP contribution is -2.07. The highest BCUT2D eigenvalue weighted by Crippen LogP contribution is 2.35. The Morgan fingerprint density at radius 3 is 2.22 bits per heavy atom. The van der Waals surface area contributed by atoms with Gasteiger partial charge < -0.3 is 10.4 Å². The van der Waals surface area contributed by atoms with E-state index in [-0.39, 0.29) is 11.7 Å². The molecule has 0 bridgehead atoms. The van der Waals surface area contributed by atoms with E-state index in [1.807, 2.05) is 12.1 Å².